The van der Waals surface area contributed by atoms with Crippen LogP contribution in [-0.4, -0.2) is 18.1 Å². The van der Waals surface area contributed by atoms with Crippen LogP contribution < -0.4 is 0 Å². The van der Waals surface area contributed by atoms with Crippen LogP contribution in [0.4, 0.5) is 0 Å². The summed E-state index contributed by atoms with van der Waals surface area (Å²) >= 11 is 5.09. The zero-order valence-electron chi connectivity index (χ0n) is 15.1. The molecule has 0 fully saturated rings. The van der Waals surface area contributed by atoms with Gasteiger partial charge in [-0.2, -0.15) is 0 Å². The summed E-state index contributed by atoms with van der Waals surface area (Å²) in [5.41, 5.74) is 0.506. The average Bonchev–Trinajstić information content (AvgIpc) is 2.19. The van der Waals surface area contributed by atoms with Crippen molar-refractivity contribution in [1.29, 1.82) is 0 Å². The van der Waals surface area contributed by atoms with Crippen molar-refractivity contribution in [3.05, 3.63) is 0 Å². The molecule has 0 saturated carbocycles. The molecule has 0 heterocycles. The van der Waals surface area contributed by atoms with E-state index in [4.69, 9.17) is 20.9 Å². The first-order chi connectivity index (χ1) is 9.20. The first-order valence-electron chi connectivity index (χ1n) is 7.82. The van der Waals surface area contributed by atoms with Crippen LogP contribution in [0.2, 0.25) is 0 Å². The van der Waals surface area contributed by atoms with Gasteiger partial charge in [-0.3, -0.25) is 0 Å². The highest BCUT2D eigenvalue weighted by Crippen LogP contribution is 2.45. The van der Waals surface area contributed by atoms with Gasteiger partial charge in [-0.25, -0.2) is 0 Å². The summed E-state index contributed by atoms with van der Waals surface area (Å²) in [5, 5.41) is 0. The molecule has 0 aromatic rings. The van der Waals surface area contributed by atoms with Crippen LogP contribution in [0.15, 0.2) is 0 Å². The Morgan fingerprint density at radius 2 is 1.14 bits per heavy atom. The van der Waals surface area contributed by atoms with Gasteiger partial charge in [0.2, 0.25) is 0 Å². The molecular formula is C16H35O3PS. The van der Waals surface area contributed by atoms with Gasteiger partial charge in [-0.1, -0.05) is 55.4 Å². The van der Waals surface area contributed by atoms with E-state index < -0.39 is 6.72 Å². The second-order valence-electron chi connectivity index (χ2n) is 8.80. The SMILES string of the molecule is CC(COP(O)(=S)OCC(C)CC(C)(C)C)CC(C)(C)C. The van der Waals surface area contributed by atoms with E-state index in [2.05, 4.69) is 55.4 Å². The van der Waals surface area contributed by atoms with E-state index in [0.29, 0.717) is 25.0 Å². The first kappa shape index (κ1) is 21.5. The Labute approximate surface area is 137 Å². The second-order valence-corrected chi connectivity index (χ2v) is 11.6. The van der Waals surface area contributed by atoms with Gasteiger partial charge in [0, 0.05) is 0 Å². The van der Waals surface area contributed by atoms with Crippen LogP contribution in [-0.2, 0) is 20.9 Å². The van der Waals surface area contributed by atoms with Crippen molar-refractivity contribution in [3.63, 3.8) is 0 Å². The third-order valence-corrected chi connectivity index (χ3v) is 4.55. The Kier molecular flexibility index (Phi) is 8.61. The molecule has 2 atom stereocenters. The molecule has 0 aromatic carbocycles. The standard InChI is InChI=1S/C16H35O3PS/c1-13(9-15(3,4)5)11-18-20(17,21)19-12-14(2)10-16(6,7)8/h13-14H,9-12H2,1-8H3,(H,17,21). The molecule has 1 N–H and O–H groups in total. The molecule has 0 spiro atoms. The van der Waals surface area contributed by atoms with Crippen molar-refractivity contribution in [2.24, 2.45) is 22.7 Å². The lowest BCUT2D eigenvalue weighted by Gasteiger charge is -2.26. The van der Waals surface area contributed by atoms with Gasteiger partial charge in [0.25, 0.3) is 0 Å². The van der Waals surface area contributed by atoms with Crippen molar-refractivity contribution >= 4 is 18.5 Å². The molecule has 0 rings (SSSR count). The highest BCUT2D eigenvalue weighted by Gasteiger charge is 2.22. The Morgan fingerprint density at radius 3 is 1.38 bits per heavy atom. The van der Waals surface area contributed by atoms with Crippen molar-refractivity contribution in [1.82, 2.24) is 0 Å². The predicted octanol–water partition coefficient (Wildman–Crippen LogP) is 5.38. The number of rotatable bonds is 8. The Hall–Kier alpha value is 0.530. The largest absolute Gasteiger partial charge is 0.324 e. The fraction of sp³-hybridized carbons (Fsp3) is 1.00. The topological polar surface area (TPSA) is 38.7 Å². The fourth-order valence-corrected chi connectivity index (χ4v) is 4.01. The van der Waals surface area contributed by atoms with Crippen molar-refractivity contribution < 1.29 is 13.9 Å². The number of hydrogen-bond acceptors (Lipinski definition) is 3. The zero-order chi connectivity index (χ0) is 16.9. The molecule has 2 unspecified atom stereocenters. The fourth-order valence-electron chi connectivity index (χ4n) is 2.69. The summed E-state index contributed by atoms with van der Waals surface area (Å²) < 4.78 is 11.0. The molecule has 21 heavy (non-hydrogen) atoms. The lowest BCUT2D eigenvalue weighted by molar-refractivity contribution is 0.136. The molecule has 5 heteroatoms. The minimum atomic E-state index is -3.10. The third kappa shape index (κ3) is 13.9. The quantitative estimate of drug-likeness (QED) is 0.603. The Balaban J connectivity index is 4.12. The lowest BCUT2D eigenvalue weighted by Crippen LogP contribution is -2.17. The highest BCUT2D eigenvalue weighted by atomic mass is 32.5. The van der Waals surface area contributed by atoms with E-state index in [1.165, 1.54) is 0 Å². The van der Waals surface area contributed by atoms with E-state index in [1.807, 2.05) is 0 Å². The van der Waals surface area contributed by atoms with Crippen molar-refractivity contribution in [3.8, 4) is 0 Å². The Morgan fingerprint density at radius 1 is 0.857 bits per heavy atom. The summed E-state index contributed by atoms with van der Waals surface area (Å²) in [7, 11) is 0. The summed E-state index contributed by atoms with van der Waals surface area (Å²) in [6.07, 6.45) is 2.06. The summed E-state index contributed by atoms with van der Waals surface area (Å²) in [6.45, 7) is 15.2. The predicted molar refractivity (Wildman–Crippen MR) is 94.9 cm³/mol. The molecule has 0 aliphatic rings. The molecule has 3 nitrogen and oxygen atoms in total. The van der Waals surface area contributed by atoms with Gasteiger partial charge in [-0.05, 0) is 47.3 Å². The van der Waals surface area contributed by atoms with E-state index >= 15 is 0 Å². The van der Waals surface area contributed by atoms with Gasteiger partial charge < -0.3 is 13.9 Å². The zero-order valence-corrected chi connectivity index (χ0v) is 16.8. The summed E-state index contributed by atoms with van der Waals surface area (Å²) in [6, 6.07) is 0. The van der Waals surface area contributed by atoms with Crippen LogP contribution in [0.3, 0.4) is 0 Å². The molecule has 0 aromatic heterocycles. The highest BCUT2D eigenvalue weighted by molar-refractivity contribution is 8.07. The van der Waals surface area contributed by atoms with Crippen LogP contribution in [0, 0.1) is 22.7 Å². The minimum Gasteiger partial charge on any atom is -0.324 e. The molecule has 0 aliphatic carbocycles. The third-order valence-electron chi connectivity index (χ3n) is 2.97. The van der Waals surface area contributed by atoms with E-state index in [-0.39, 0.29) is 10.8 Å². The summed E-state index contributed by atoms with van der Waals surface area (Å²) in [4.78, 5) is 10.1. The van der Waals surface area contributed by atoms with Crippen LogP contribution in [0.25, 0.3) is 0 Å². The van der Waals surface area contributed by atoms with E-state index in [1.54, 1.807) is 0 Å². The molecule has 128 valence electrons. The molecule has 0 radical (unpaired) electrons. The van der Waals surface area contributed by atoms with Gasteiger partial charge >= 0.3 is 6.72 Å². The van der Waals surface area contributed by atoms with E-state index in [0.717, 1.165) is 12.8 Å². The molecule has 0 amide bonds. The molecular weight excluding hydrogens is 303 g/mol. The van der Waals surface area contributed by atoms with E-state index in [9.17, 15) is 4.89 Å². The average molecular weight is 338 g/mol. The maximum atomic E-state index is 10.1. The van der Waals surface area contributed by atoms with Crippen LogP contribution in [0.5, 0.6) is 0 Å². The van der Waals surface area contributed by atoms with Gasteiger partial charge in [0.15, 0.2) is 0 Å². The smallest absolute Gasteiger partial charge is 0.324 e. The minimum absolute atomic E-state index is 0.253. The van der Waals surface area contributed by atoms with Crippen LogP contribution >= 0.6 is 6.72 Å². The lowest BCUT2D eigenvalue weighted by atomic mass is 9.86. The van der Waals surface area contributed by atoms with Crippen molar-refractivity contribution in [2.45, 2.75) is 68.2 Å². The molecule has 0 saturated heterocycles. The van der Waals surface area contributed by atoms with Gasteiger partial charge in [0.1, 0.15) is 0 Å². The monoisotopic (exact) mass is 338 g/mol. The molecule has 0 bridgehead atoms. The van der Waals surface area contributed by atoms with Gasteiger partial charge in [-0.15, -0.1) is 0 Å². The van der Waals surface area contributed by atoms with Crippen molar-refractivity contribution in [2.75, 3.05) is 13.2 Å². The normalized spacial score (nSPS) is 19.1. The second kappa shape index (κ2) is 8.40. The molecule has 0 aliphatic heterocycles. The Bertz CT molecular complexity index is 314. The van der Waals surface area contributed by atoms with Gasteiger partial charge in [0.05, 0.1) is 13.2 Å². The summed E-state index contributed by atoms with van der Waals surface area (Å²) in [5.74, 6) is 0.713. The number of hydrogen-bond donors (Lipinski definition) is 1. The maximum absolute atomic E-state index is 10.1. The van der Waals surface area contributed by atoms with Crippen LogP contribution in [0.1, 0.15) is 68.2 Å². The maximum Gasteiger partial charge on any atom is 0.324 e. The first-order valence-corrected chi connectivity index (χ1v) is 10.4.